The summed E-state index contributed by atoms with van der Waals surface area (Å²) >= 11 is 0. The van der Waals surface area contributed by atoms with Crippen LogP contribution >= 0.6 is 0 Å². The van der Waals surface area contributed by atoms with Gasteiger partial charge in [0.2, 0.25) is 5.91 Å². The van der Waals surface area contributed by atoms with E-state index in [0.717, 1.165) is 48.4 Å². The Kier molecular flexibility index (Phi) is 4.89. The normalized spacial score (nSPS) is 20.2. The summed E-state index contributed by atoms with van der Waals surface area (Å²) in [4.78, 5) is 24.5. The predicted octanol–water partition coefficient (Wildman–Crippen LogP) is 1.87. The van der Waals surface area contributed by atoms with Crippen LogP contribution in [0.1, 0.15) is 30.4 Å². The van der Waals surface area contributed by atoms with Crippen LogP contribution in [0.25, 0.3) is 11.3 Å². The lowest BCUT2D eigenvalue weighted by Crippen LogP contribution is -2.27. The fourth-order valence-electron chi connectivity index (χ4n) is 3.61. The number of rotatable bonds is 5. The number of nitrogens with one attached hydrogen (secondary N) is 1. The second kappa shape index (κ2) is 7.48. The highest BCUT2D eigenvalue weighted by molar-refractivity contribution is 6.01. The SMILES string of the molecule is Cc1cc(CN2CC(=O)NC2=O)ccc1-c1cn(CC2CCCCO2)nn1. The van der Waals surface area contributed by atoms with Crippen molar-refractivity contribution < 1.29 is 14.3 Å². The lowest BCUT2D eigenvalue weighted by Gasteiger charge is -2.21. The molecule has 27 heavy (non-hydrogen) atoms. The zero-order chi connectivity index (χ0) is 18.8. The Morgan fingerprint density at radius 1 is 1.30 bits per heavy atom. The number of nitrogens with zero attached hydrogens (tertiary/aromatic N) is 4. The van der Waals surface area contributed by atoms with Crippen LogP contribution in [-0.4, -0.2) is 51.1 Å². The monoisotopic (exact) mass is 369 g/mol. The molecule has 2 saturated heterocycles. The molecule has 2 fully saturated rings. The molecule has 2 aliphatic heterocycles. The van der Waals surface area contributed by atoms with Gasteiger partial charge in [-0.2, -0.15) is 0 Å². The van der Waals surface area contributed by atoms with E-state index < -0.39 is 0 Å². The number of benzene rings is 1. The summed E-state index contributed by atoms with van der Waals surface area (Å²) in [7, 11) is 0. The first-order chi connectivity index (χ1) is 13.1. The molecule has 1 atom stereocenters. The first kappa shape index (κ1) is 17.7. The van der Waals surface area contributed by atoms with Crippen molar-refractivity contribution in [2.75, 3.05) is 13.2 Å². The van der Waals surface area contributed by atoms with Gasteiger partial charge < -0.3 is 9.64 Å². The van der Waals surface area contributed by atoms with Crippen LogP contribution in [0, 0.1) is 6.92 Å². The summed E-state index contributed by atoms with van der Waals surface area (Å²) < 4.78 is 7.61. The van der Waals surface area contributed by atoms with E-state index >= 15 is 0 Å². The van der Waals surface area contributed by atoms with E-state index in [1.807, 2.05) is 36.0 Å². The van der Waals surface area contributed by atoms with E-state index in [1.54, 1.807) is 0 Å². The van der Waals surface area contributed by atoms with Gasteiger partial charge in [0.15, 0.2) is 0 Å². The number of ether oxygens (including phenoxy) is 1. The molecule has 142 valence electrons. The van der Waals surface area contributed by atoms with Crippen molar-refractivity contribution in [2.24, 2.45) is 0 Å². The quantitative estimate of drug-likeness (QED) is 0.813. The van der Waals surface area contributed by atoms with E-state index in [-0.39, 0.29) is 24.6 Å². The van der Waals surface area contributed by atoms with Crippen LogP contribution in [0.4, 0.5) is 4.79 Å². The fraction of sp³-hybridized carbons (Fsp3) is 0.474. The number of hydrogen-bond donors (Lipinski definition) is 1. The van der Waals surface area contributed by atoms with Crippen LogP contribution in [0.15, 0.2) is 24.4 Å². The fourth-order valence-corrected chi connectivity index (χ4v) is 3.61. The van der Waals surface area contributed by atoms with Gasteiger partial charge in [0.25, 0.3) is 0 Å². The average Bonchev–Trinajstić information content (AvgIpc) is 3.22. The van der Waals surface area contributed by atoms with Crippen molar-refractivity contribution in [3.8, 4) is 11.3 Å². The smallest absolute Gasteiger partial charge is 0.324 e. The van der Waals surface area contributed by atoms with Crippen molar-refractivity contribution in [1.82, 2.24) is 25.2 Å². The Balaban J connectivity index is 1.44. The summed E-state index contributed by atoms with van der Waals surface area (Å²) in [6.07, 6.45) is 5.57. The molecule has 0 saturated carbocycles. The van der Waals surface area contributed by atoms with Crippen molar-refractivity contribution in [1.29, 1.82) is 0 Å². The number of hydrogen-bond acceptors (Lipinski definition) is 5. The van der Waals surface area contributed by atoms with Crippen molar-refractivity contribution in [3.05, 3.63) is 35.5 Å². The van der Waals surface area contributed by atoms with E-state index in [2.05, 4.69) is 15.6 Å². The molecule has 8 nitrogen and oxygen atoms in total. The Labute approximate surface area is 157 Å². The molecule has 0 spiro atoms. The third-order valence-electron chi connectivity index (χ3n) is 5.01. The first-order valence-electron chi connectivity index (χ1n) is 9.29. The summed E-state index contributed by atoms with van der Waals surface area (Å²) in [5, 5.41) is 10.8. The molecular weight excluding hydrogens is 346 g/mol. The molecule has 3 heterocycles. The summed E-state index contributed by atoms with van der Waals surface area (Å²) in [6, 6.07) is 5.64. The highest BCUT2D eigenvalue weighted by atomic mass is 16.5. The van der Waals surface area contributed by atoms with Crippen molar-refractivity contribution in [2.45, 2.75) is 45.4 Å². The molecule has 3 amide bonds. The van der Waals surface area contributed by atoms with Crippen LogP contribution in [0.5, 0.6) is 0 Å². The van der Waals surface area contributed by atoms with Gasteiger partial charge in [0, 0.05) is 18.7 Å². The van der Waals surface area contributed by atoms with E-state index in [4.69, 9.17) is 4.74 Å². The molecule has 4 rings (SSSR count). The van der Waals surface area contributed by atoms with Crippen LogP contribution in [-0.2, 0) is 22.6 Å². The summed E-state index contributed by atoms with van der Waals surface area (Å²) in [5.74, 6) is -0.257. The Morgan fingerprint density at radius 3 is 2.89 bits per heavy atom. The first-order valence-corrected chi connectivity index (χ1v) is 9.29. The molecule has 0 aliphatic carbocycles. The minimum Gasteiger partial charge on any atom is -0.376 e. The molecule has 1 N–H and O–H groups in total. The summed E-state index contributed by atoms with van der Waals surface area (Å²) in [5.41, 5.74) is 3.86. The topological polar surface area (TPSA) is 89.4 Å². The second-order valence-corrected chi connectivity index (χ2v) is 7.17. The van der Waals surface area contributed by atoms with Crippen molar-refractivity contribution in [3.63, 3.8) is 0 Å². The van der Waals surface area contributed by atoms with E-state index in [9.17, 15) is 9.59 Å². The molecular formula is C19H23N5O3. The zero-order valence-corrected chi connectivity index (χ0v) is 15.4. The molecule has 1 aromatic heterocycles. The van der Waals surface area contributed by atoms with E-state index in [1.165, 1.54) is 11.3 Å². The maximum atomic E-state index is 11.7. The second-order valence-electron chi connectivity index (χ2n) is 7.17. The van der Waals surface area contributed by atoms with E-state index in [0.29, 0.717) is 6.54 Å². The molecule has 0 bridgehead atoms. The number of urea groups is 1. The third kappa shape index (κ3) is 4.00. The zero-order valence-electron chi connectivity index (χ0n) is 15.4. The van der Waals surface area contributed by atoms with Crippen LogP contribution in [0.2, 0.25) is 0 Å². The van der Waals surface area contributed by atoms with Crippen LogP contribution < -0.4 is 5.32 Å². The lowest BCUT2D eigenvalue weighted by atomic mass is 10.0. The molecule has 2 aromatic rings. The van der Waals surface area contributed by atoms with Crippen LogP contribution in [0.3, 0.4) is 0 Å². The molecule has 1 unspecified atom stereocenters. The van der Waals surface area contributed by atoms with Gasteiger partial charge in [-0.05, 0) is 37.3 Å². The Morgan fingerprint density at radius 2 is 2.19 bits per heavy atom. The van der Waals surface area contributed by atoms with Gasteiger partial charge in [-0.3, -0.25) is 10.1 Å². The lowest BCUT2D eigenvalue weighted by molar-refractivity contribution is -0.118. The minimum atomic E-state index is -0.338. The maximum Gasteiger partial charge on any atom is 0.324 e. The average molecular weight is 369 g/mol. The Hall–Kier alpha value is -2.74. The largest absolute Gasteiger partial charge is 0.376 e. The van der Waals surface area contributed by atoms with Gasteiger partial charge in [-0.15, -0.1) is 5.10 Å². The highest BCUT2D eigenvalue weighted by Gasteiger charge is 2.26. The van der Waals surface area contributed by atoms with Gasteiger partial charge in [0.05, 0.1) is 18.8 Å². The number of imide groups is 1. The van der Waals surface area contributed by atoms with Gasteiger partial charge >= 0.3 is 6.03 Å². The summed E-state index contributed by atoms with van der Waals surface area (Å²) in [6.45, 7) is 4.08. The predicted molar refractivity (Wildman–Crippen MR) is 97.7 cm³/mol. The number of aromatic nitrogens is 3. The van der Waals surface area contributed by atoms with Gasteiger partial charge in [0.1, 0.15) is 12.2 Å². The highest BCUT2D eigenvalue weighted by Crippen LogP contribution is 2.23. The standard InChI is InChI=1S/C19H23N5O3/c1-13-8-14(9-23-12-18(25)20-19(23)26)5-6-16(13)17-11-24(22-21-17)10-15-4-2-3-7-27-15/h5-6,8,11,15H,2-4,7,9-10,12H2,1H3,(H,20,25,26). The van der Waals surface area contributed by atoms with Gasteiger partial charge in [-0.25, -0.2) is 9.48 Å². The van der Waals surface area contributed by atoms with Gasteiger partial charge in [-0.1, -0.05) is 23.4 Å². The third-order valence-corrected chi connectivity index (χ3v) is 5.01. The minimum absolute atomic E-state index is 0.108. The molecule has 1 aromatic carbocycles. The molecule has 8 heteroatoms. The Bertz CT molecular complexity index is 857. The maximum absolute atomic E-state index is 11.7. The van der Waals surface area contributed by atoms with Crippen molar-refractivity contribution >= 4 is 11.9 Å². The number of carbonyl (C=O) groups excluding carboxylic acids is 2. The molecule has 0 radical (unpaired) electrons. The number of aryl methyl sites for hydroxylation is 1. The number of amides is 3. The molecule has 2 aliphatic rings. The number of carbonyl (C=O) groups is 2.